The molecule has 3 heteroatoms. The summed E-state index contributed by atoms with van der Waals surface area (Å²) < 4.78 is 1.03. The van der Waals surface area contributed by atoms with Crippen molar-refractivity contribution in [2.24, 2.45) is 11.8 Å². The Morgan fingerprint density at radius 2 is 2.00 bits per heavy atom. The van der Waals surface area contributed by atoms with Crippen LogP contribution in [-0.2, 0) is 6.42 Å². The zero-order valence-electron chi connectivity index (χ0n) is 9.37. The predicted octanol–water partition coefficient (Wildman–Crippen LogP) is 4.29. The Morgan fingerprint density at radius 3 is 2.47 bits per heavy atom. The predicted molar refractivity (Wildman–Crippen MR) is 69.3 cm³/mol. The highest BCUT2D eigenvalue weighted by molar-refractivity contribution is 9.10. The fourth-order valence-corrected chi connectivity index (χ4v) is 2.56. The molecule has 1 rings (SSSR count). The molecule has 1 nitrogen and oxygen atoms in total. The summed E-state index contributed by atoms with van der Waals surface area (Å²) in [7, 11) is 0. The molecule has 0 fully saturated rings. The quantitative estimate of drug-likeness (QED) is 0.754. The number of hydrogen-bond donors (Lipinski definition) is 0. The van der Waals surface area contributed by atoms with Gasteiger partial charge in [-0.15, -0.1) is 11.6 Å². The van der Waals surface area contributed by atoms with E-state index in [-0.39, 0.29) is 5.38 Å². The third-order valence-electron chi connectivity index (χ3n) is 2.68. The minimum absolute atomic E-state index is 0.198. The monoisotopic (exact) mass is 289 g/mol. The number of rotatable bonds is 4. The van der Waals surface area contributed by atoms with Gasteiger partial charge >= 0.3 is 0 Å². The van der Waals surface area contributed by atoms with Gasteiger partial charge in [0.1, 0.15) is 0 Å². The van der Waals surface area contributed by atoms with Crippen molar-refractivity contribution in [3.8, 4) is 0 Å². The van der Waals surface area contributed by atoms with E-state index in [0.717, 1.165) is 10.9 Å². The molecule has 0 spiro atoms. The highest BCUT2D eigenvalue weighted by Gasteiger charge is 2.19. The molecular formula is C12H17BrClN. The Balaban J connectivity index is 2.74. The van der Waals surface area contributed by atoms with Crippen LogP contribution in [0.3, 0.4) is 0 Å². The lowest BCUT2D eigenvalue weighted by molar-refractivity contribution is 0.376. The van der Waals surface area contributed by atoms with Gasteiger partial charge in [0, 0.05) is 22.2 Å². The number of alkyl halides is 1. The SMILES string of the molecule is CC(C)C(Cc1cncc(Br)c1)C(C)Cl. The number of pyridine rings is 1. The summed E-state index contributed by atoms with van der Waals surface area (Å²) in [5, 5.41) is 0.198. The Bertz CT molecular complexity index is 304. The van der Waals surface area contributed by atoms with Gasteiger partial charge in [-0.1, -0.05) is 13.8 Å². The van der Waals surface area contributed by atoms with Crippen LogP contribution in [0.15, 0.2) is 22.9 Å². The molecule has 0 bridgehead atoms. The Morgan fingerprint density at radius 1 is 1.33 bits per heavy atom. The standard InChI is InChI=1S/C12H17BrClN/c1-8(2)12(9(3)14)5-10-4-11(13)7-15-6-10/h4,6-9,12H,5H2,1-3H3. The van der Waals surface area contributed by atoms with E-state index in [4.69, 9.17) is 11.6 Å². The van der Waals surface area contributed by atoms with Crippen molar-refractivity contribution in [1.82, 2.24) is 4.98 Å². The van der Waals surface area contributed by atoms with Crippen LogP contribution in [0, 0.1) is 11.8 Å². The van der Waals surface area contributed by atoms with Crippen LogP contribution in [0.25, 0.3) is 0 Å². The van der Waals surface area contributed by atoms with Crippen LogP contribution in [0.4, 0.5) is 0 Å². The average Bonchev–Trinajstić information content (AvgIpc) is 2.13. The first kappa shape index (κ1) is 13.0. The number of hydrogen-bond acceptors (Lipinski definition) is 1. The van der Waals surface area contributed by atoms with Gasteiger partial charge < -0.3 is 0 Å². The maximum absolute atomic E-state index is 6.20. The van der Waals surface area contributed by atoms with Crippen LogP contribution in [0.2, 0.25) is 0 Å². The van der Waals surface area contributed by atoms with Gasteiger partial charge in [-0.25, -0.2) is 0 Å². The second-order valence-electron chi connectivity index (χ2n) is 4.30. The third kappa shape index (κ3) is 4.12. The van der Waals surface area contributed by atoms with E-state index in [2.05, 4.69) is 47.8 Å². The molecular weight excluding hydrogens is 273 g/mol. The molecule has 1 aromatic heterocycles. The van der Waals surface area contributed by atoms with E-state index in [0.29, 0.717) is 11.8 Å². The third-order valence-corrected chi connectivity index (χ3v) is 3.44. The highest BCUT2D eigenvalue weighted by Crippen LogP contribution is 2.24. The molecule has 0 radical (unpaired) electrons. The largest absolute Gasteiger partial charge is 0.263 e. The average molecular weight is 291 g/mol. The minimum Gasteiger partial charge on any atom is -0.263 e. The number of nitrogens with zero attached hydrogens (tertiary/aromatic N) is 1. The lowest BCUT2D eigenvalue weighted by Gasteiger charge is -2.23. The van der Waals surface area contributed by atoms with E-state index >= 15 is 0 Å². The molecule has 0 aliphatic heterocycles. The lowest BCUT2D eigenvalue weighted by atomic mass is 9.87. The molecule has 0 amide bonds. The zero-order chi connectivity index (χ0) is 11.4. The van der Waals surface area contributed by atoms with Gasteiger partial charge in [0.25, 0.3) is 0 Å². The van der Waals surface area contributed by atoms with Crippen molar-refractivity contribution in [3.05, 3.63) is 28.5 Å². The molecule has 2 unspecified atom stereocenters. The molecule has 15 heavy (non-hydrogen) atoms. The van der Waals surface area contributed by atoms with Crippen LogP contribution in [0.5, 0.6) is 0 Å². The highest BCUT2D eigenvalue weighted by atomic mass is 79.9. The van der Waals surface area contributed by atoms with Gasteiger partial charge in [-0.3, -0.25) is 4.98 Å². The summed E-state index contributed by atoms with van der Waals surface area (Å²) in [6.45, 7) is 6.50. The van der Waals surface area contributed by atoms with Gasteiger partial charge in [0.15, 0.2) is 0 Å². The topological polar surface area (TPSA) is 12.9 Å². The van der Waals surface area contributed by atoms with E-state index in [9.17, 15) is 0 Å². The summed E-state index contributed by atoms with van der Waals surface area (Å²) in [6.07, 6.45) is 4.71. The maximum atomic E-state index is 6.20. The molecule has 2 atom stereocenters. The van der Waals surface area contributed by atoms with Crippen LogP contribution in [-0.4, -0.2) is 10.4 Å². The number of halogens is 2. The van der Waals surface area contributed by atoms with Gasteiger partial charge in [-0.2, -0.15) is 0 Å². The Hall–Kier alpha value is -0.0800. The minimum atomic E-state index is 0.198. The van der Waals surface area contributed by atoms with Gasteiger partial charge in [0.05, 0.1) is 0 Å². The Labute approximate surface area is 105 Å². The molecule has 1 aromatic rings. The molecule has 0 saturated carbocycles. The van der Waals surface area contributed by atoms with Crippen molar-refractivity contribution in [3.63, 3.8) is 0 Å². The van der Waals surface area contributed by atoms with Crippen molar-refractivity contribution in [2.75, 3.05) is 0 Å². The normalized spacial score (nSPS) is 15.3. The number of aromatic nitrogens is 1. The van der Waals surface area contributed by atoms with Crippen molar-refractivity contribution in [2.45, 2.75) is 32.6 Å². The fraction of sp³-hybridized carbons (Fsp3) is 0.583. The smallest absolute Gasteiger partial charge is 0.0410 e. The first-order chi connectivity index (χ1) is 7.00. The molecule has 1 heterocycles. The van der Waals surface area contributed by atoms with E-state index in [1.165, 1.54) is 5.56 Å². The molecule has 0 saturated heterocycles. The summed E-state index contributed by atoms with van der Waals surface area (Å²) >= 11 is 9.63. The van der Waals surface area contributed by atoms with Crippen molar-refractivity contribution >= 4 is 27.5 Å². The summed E-state index contributed by atoms with van der Waals surface area (Å²) in [5.41, 5.74) is 1.25. The first-order valence-corrected chi connectivity index (χ1v) is 6.47. The summed E-state index contributed by atoms with van der Waals surface area (Å²) in [5.74, 6) is 1.10. The fourth-order valence-electron chi connectivity index (χ4n) is 1.77. The van der Waals surface area contributed by atoms with Crippen molar-refractivity contribution in [1.29, 1.82) is 0 Å². The molecule has 84 valence electrons. The summed E-state index contributed by atoms with van der Waals surface area (Å²) in [4.78, 5) is 4.17. The van der Waals surface area contributed by atoms with Crippen molar-refractivity contribution < 1.29 is 0 Å². The molecule has 0 aliphatic carbocycles. The van der Waals surface area contributed by atoms with Gasteiger partial charge in [0.2, 0.25) is 0 Å². The van der Waals surface area contributed by atoms with E-state index in [1.54, 1.807) is 6.20 Å². The van der Waals surface area contributed by atoms with Gasteiger partial charge in [-0.05, 0) is 52.7 Å². The second-order valence-corrected chi connectivity index (χ2v) is 5.91. The molecule has 0 aliphatic rings. The molecule has 0 aromatic carbocycles. The van der Waals surface area contributed by atoms with Crippen LogP contribution >= 0.6 is 27.5 Å². The Kier molecular flexibility index (Phi) is 5.07. The summed E-state index contributed by atoms with van der Waals surface area (Å²) in [6, 6.07) is 2.11. The van der Waals surface area contributed by atoms with E-state index in [1.807, 2.05) is 6.20 Å². The zero-order valence-corrected chi connectivity index (χ0v) is 11.7. The molecule has 0 N–H and O–H groups in total. The van der Waals surface area contributed by atoms with Crippen LogP contribution in [0.1, 0.15) is 26.3 Å². The maximum Gasteiger partial charge on any atom is 0.0410 e. The van der Waals surface area contributed by atoms with Crippen LogP contribution < -0.4 is 0 Å². The second kappa shape index (κ2) is 5.86. The van der Waals surface area contributed by atoms with E-state index < -0.39 is 0 Å². The lowest BCUT2D eigenvalue weighted by Crippen LogP contribution is -2.20. The first-order valence-electron chi connectivity index (χ1n) is 5.24.